The molecule has 0 saturated heterocycles. The second-order valence-electron chi connectivity index (χ2n) is 5.58. The van der Waals surface area contributed by atoms with E-state index in [1.165, 1.54) is 0 Å². The van der Waals surface area contributed by atoms with E-state index in [4.69, 9.17) is 0 Å². The van der Waals surface area contributed by atoms with Crippen LogP contribution in [0.1, 0.15) is 21.6 Å². The third kappa shape index (κ3) is 4.64. The van der Waals surface area contributed by atoms with Crippen molar-refractivity contribution < 1.29 is 4.79 Å². The summed E-state index contributed by atoms with van der Waals surface area (Å²) in [7, 11) is 0. The van der Waals surface area contributed by atoms with Crippen LogP contribution >= 0.6 is 15.9 Å². The highest BCUT2D eigenvalue weighted by atomic mass is 79.9. The maximum Gasteiger partial charge on any atom is 0.274 e. The van der Waals surface area contributed by atoms with Gasteiger partial charge in [0, 0.05) is 23.4 Å². The molecular formula is C19H17BrN4O. The van der Waals surface area contributed by atoms with Gasteiger partial charge in [-0.05, 0) is 64.3 Å². The first-order valence-electron chi connectivity index (χ1n) is 7.78. The lowest BCUT2D eigenvalue weighted by atomic mass is 10.2. The van der Waals surface area contributed by atoms with Gasteiger partial charge in [0.2, 0.25) is 0 Å². The maximum atomic E-state index is 12.3. The minimum Gasteiger partial charge on any atom is -0.380 e. The van der Waals surface area contributed by atoms with Gasteiger partial charge in [0.05, 0.1) is 17.6 Å². The second kappa shape index (κ2) is 7.90. The lowest BCUT2D eigenvalue weighted by molar-refractivity contribution is 0.102. The molecule has 0 unspecified atom stereocenters. The van der Waals surface area contributed by atoms with Crippen LogP contribution in [0.25, 0.3) is 0 Å². The number of nitrogens with one attached hydrogen (secondary N) is 2. The number of halogens is 1. The number of anilines is 2. The number of pyridine rings is 2. The van der Waals surface area contributed by atoms with Crippen LogP contribution in [0.4, 0.5) is 11.4 Å². The van der Waals surface area contributed by atoms with Crippen LogP contribution in [0.15, 0.2) is 65.5 Å². The zero-order valence-electron chi connectivity index (χ0n) is 13.7. The van der Waals surface area contributed by atoms with Gasteiger partial charge in [-0.3, -0.25) is 9.78 Å². The Balaban J connectivity index is 1.62. The molecule has 2 heterocycles. The summed E-state index contributed by atoms with van der Waals surface area (Å²) < 4.78 is 0.843. The van der Waals surface area contributed by atoms with Crippen molar-refractivity contribution in [3.63, 3.8) is 0 Å². The number of nitrogens with zero attached hydrogens (tertiary/aromatic N) is 2. The zero-order chi connectivity index (χ0) is 17.6. The average molecular weight is 397 g/mol. The molecule has 0 saturated carbocycles. The molecule has 0 aliphatic heterocycles. The number of hydrogen-bond donors (Lipinski definition) is 2. The summed E-state index contributed by atoms with van der Waals surface area (Å²) in [6.45, 7) is 2.65. The van der Waals surface area contributed by atoms with Gasteiger partial charge in [-0.2, -0.15) is 0 Å². The Bertz CT molecular complexity index is 866. The van der Waals surface area contributed by atoms with Gasteiger partial charge in [-0.25, -0.2) is 4.98 Å². The third-order valence-corrected chi connectivity index (χ3v) is 4.24. The number of aromatic nitrogens is 2. The van der Waals surface area contributed by atoms with Gasteiger partial charge in [0.15, 0.2) is 0 Å². The molecule has 0 bridgehead atoms. The number of hydrogen-bond acceptors (Lipinski definition) is 4. The molecule has 1 amide bonds. The van der Waals surface area contributed by atoms with E-state index in [9.17, 15) is 4.79 Å². The van der Waals surface area contributed by atoms with Crippen LogP contribution in [0.5, 0.6) is 0 Å². The summed E-state index contributed by atoms with van der Waals surface area (Å²) in [6.07, 6.45) is 5.20. The van der Waals surface area contributed by atoms with Crippen molar-refractivity contribution in [2.45, 2.75) is 13.5 Å². The number of carbonyl (C=O) groups excluding carboxylic acids is 1. The molecule has 0 spiro atoms. The molecule has 2 N–H and O–H groups in total. The van der Waals surface area contributed by atoms with Gasteiger partial charge in [0.25, 0.3) is 5.91 Å². The van der Waals surface area contributed by atoms with Crippen LogP contribution in [0, 0.1) is 6.92 Å². The van der Waals surface area contributed by atoms with Crippen LogP contribution in [0.3, 0.4) is 0 Å². The Morgan fingerprint density at radius 2 is 2.04 bits per heavy atom. The Hall–Kier alpha value is -2.73. The highest BCUT2D eigenvalue weighted by Gasteiger charge is 2.09. The first kappa shape index (κ1) is 17.1. The molecule has 1 aromatic carbocycles. The summed E-state index contributed by atoms with van der Waals surface area (Å²) in [5.74, 6) is -0.247. The van der Waals surface area contributed by atoms with E-state index >= 15 is 0 Å². The Morgan fingerprint density at radius 1 is 1.16 bits per heavy atom. The van der Waals surface area contributed by atoms with E-state index in [-0.39, 0.29) is 5.91 Å². The van der Waals surface area contributed by atoms with Gasteiger partial charge < -0.3 is 10.6 Å². The number of amides is 1. The third-order valence-electron chi connectivity index (χ3n) is 3.59. The molecule has 0 radical (unpaired) electrons. The Labute approximate surface area is 154 Å². The standard InChI is InChI=1S/C19H17BrN4O/c1-13-4-6-17(16(20)9-13)24-19(25)18-7-5-15(12-23-18)22-11-14-3-2-8-21-10-14/h2-10,12,22H,11H2,1H3,(H,24,25). The van der Waals surface area contributed by atoms with Gasteiger partial charge in [-0.1, -0.05) is 12.1 Å². The van der Waals surface area contributed by atoms with Crippen molar-refractivity contribution in [1.29, 1.82) is 0 Å². The molecule has 3 rings (SSSR count). The van der Waals surface area contributed by atoms with Crippen LogP contribution < -0.4 is 10.6 Å². The lowest BCUT2D eigenvalue weighted by Crippen LogP contribution is -2.14. The van der Waals surface area contributed by atoms with Crippen LogP contribution in [-0.4, -0.2) is 15.9 Å². The van der Waals surface area contributed by atoms with Crippen LogP contribution in [-0.2, 0) is 6.54 Å². The van der Waals surface area contributed by atoms with E-state index in [0.29, 0.717) is 12.2 Å². The smallest absolute Gasteiger partial charge is 0.274 e. The lowest BCUT2D eigenvalue weighted by Gasteiger charge is -2.09. The zero-order valence-corrected chi connectivity index (χ0v) is 15.2. The number of benzene rings is 1. The molecule has 0 fully saturated rings. The molecule has 0 aliphatic carbocycles. The summed E-state index contributed by atoms with van der Waals surface area (Å²) in [5, 5.41) is 6.10. The molecule has 0 atom stereocenters. The summed E-state index contributed by atoms with van der Waals surface area (Å²) >= 11 is 3.45. The fraction of sp³-hybridized carbons (Fsp3) is 0.105. The summed E-state index contributed by atoms with van der Waals surface area (Å²) in [4.78, 5) is 20.6. The molecular weight excluding hydrogens is 380 g/mol. The highest BCUT2D eigenvalue weighted by molar-refractivity contribution is 9.10. The van der Waals surface area contributed by atoms with Crippen molar-refractivity contribution in [2.24, 2.45) is 0 Å². The van der Waals surface area contributed by atoms with Crippen molar-refractivity contribution >= 4 is 33.2 Å². The summed E-state index contributed by atoms with van der Waals surface area (Å²) in [6, 6.07) is 13.2. The van der Waals surface area contributed by atoms with E-state index in [0.717, 1.165) is 27.0 Å². The number of aryl methyl sites for hydroxylation is 1. The predicted molar refractivity (Wildman–Crippen MR) is 103 cm³/mol. The van der Waals surface area contributed by atoms with Crippen molar-refractivity contribution in [3.05, 3.63) is 82.3 Å². The van der Waals surface area contributed by atoms with Crippen molar-refractivity contribution in [1.82, 2.24) is 9.97 Å². The monoisotopic (exact) mass is 396 g/mol. The van der Waals surface area contributed by atoms with Gasteiger partial charge in [0.1, 0.15) is 5.69 Å². The number of carbonyl (C=O) groups is 1. The average Bonchev–Trinajstić information content (AvgIpc) is 2.63. The molecule has 126 valence electrons. The Morgan fingerprint density at radius 3 is 2.72 bits per heavy atom. The van der Waals surface area contributed by atoms with Crippen molar-refractivity contribution in [3.8, 4) is 0 Å². The SMILES string of the molecule is Cc1ccc(NC(=O)c2ccc(NCc3cccnc3)cn2)c(Br)c1. The summed E-state index contributed by atoms with van der Waals surface area (Å²) in [5.41, 5.74) is 4.12. The van der Waals surface area contributed by atoms with Crippen molar-refractivity contribution in [2.75, 3.05) is 10.6 Å². The van der Waals surface area contributed by atoms with E-state index in [1.54, 1.807) is 18.5 Å². The fourth-order valence-electron chi connectivity index (χ4n) is 2.25. The topological polar surface area (TPSA) is 66.9 Å². The first-order chi connectivity index (χ1) is 12.1. The molecule has 2 aromatic heterocycles. The Kier molecular flexibility index (Phi) is 5.40. The normalized spacial score (nSPS) is 10.3. The minimum atomic E-state index is -0.247. The molecule has 25 heavy (non-hydrogen) atoms. The van der Waals surface area contributed by atoms with Gasteiger partial charge >= 0.3 is 0 Å². The highest BCUT2D eigenvalue weighted by Crippen LogP contribution is 2.23. The molecule has 3 aromatic rings. The van der Waals surface area contributed by atoms with E-state index in [2.05, 4.69) is 36.5 Å². The van der Waals surface area contributed by atoms with Gasteiger partial charge in [-0.15, -0.1) is 0 Å². The van der Waals surface area contributed by atoms with E-state index < -0.39 is 0 Å². The molecule has 5 nitrogen and oxygen atoms in total. The molecule has 6 heteroatoms. The quantitative estimate of drug-likeness (QED) is 0.669. The van der Waals surface area contributed by atoms with E-state index in [1.807, 2.05) is 49.5 Å². The minimum absolute atomic E-state index is 0.247. The number of rotatable bonds is 5. The van der Waals surface area contributed by atoms with Crippen LogP contribution in [0.2, 0.25) is 0 Å². The maximum absolute atomic E-state index is 12.3. The molecule has 0 aliphatic rings. The second-order valence-corrected chi connectivity index (χ2v) is 6.44. The predicted octanol–water partition coefficient (Wildman–Crippen LogP) is 4.41. The first-order valence-corrected chi connectivity index (χ1v) is 8.57. The fourth-order valence-corrected chi connectivity index (χ4v) is 2.84. The largest absolute Gasteiger partial charge is 0.380 e.